The first-order valence-electron chi connectivity index (χ1n) is 19.1. The normalized spacial score (nSPS) is 14.8. The molecule has 235 valence electrons. The second kappa shape index (κ2) is 13.2. The van der Waals surface area contributed by atoms with Gasteiger partial charge in [0.05, 0.1) is 5.58 Å². The van der Waals surface area contributed by atoms with Gasteiger partial charge in [-0.25, -0.2) is 0 Å². The summed E-state index contributed by atoms with van der Waals surface area (Å²) in [5.41, 5.74) is 3.35. The zero-order valence-corrected chi connectivity index (χ0v) is 28.5. The molecule has 0 aliphatic rings. The van der Waals surface area contributed by atoms with Crippen LogP contribution in [0.1, 0.15) is 48.4 Å². The van der Waals surface area contributed by atoms with Gasteiger partial charge in [0.2, 0.25) is 0 Å². The van der Waals surface area contributed by atoms with E-state index in [1.165, 1.54) is 6.07 Å². The van der Waals surface area contributed by atoms with Crippen LogP contribution in [0.5, 0.6) is 0 Å². The molecule has 0 saturated heterocycles. The van der Waals surface area contributed by atoms with Crippen LogP contribution in [0.25, 0.3) is 66.0 Å². The Labute approximate surface area is 301 Å². The summed E-state index contributed by atoms with van der Waals surface area (Å²) in [6, 6.07) is 39.0. The molecule has 0 spiro atoms. The SMILES string of the molecule is [2H]C([2H])([2H])c1cnc(-c2[c-]ccc3c2oc2cc4c(ccc5ccccc54)cc23)cc1C([2H])([2H])[2H].[2H]C([2H])(c1ccc(-c2[c-]cccc2)nc1)C(C)(C)C.[Ir]. The van der Waals surface area contributed by atoms with Crippen LogP contribution in [0.4, 0.5) is 0 Å². The molecular weight excluding hydrogens is 753 g/mol. The van der Waals surface area contributed by atoms with Crippen molar-refractivity contribution >= 4 is 43.5 Å². The maximum atomic E-state index is 8.21. The zero-order chi connectivity index (χ0) is 38.6. The largest absolute Gasteiger partial charge is 0.501 e. The van der Waals surface area contributed by atoms with Crippen molar-refractivity contribution in [2.45, 2.75) is 40.8 Å². The number of hydrogen-bond donors (Lipinski definition) is 0. The second-order valence-corrected chi connectivity index (χ2v) is 12.3. The molecule has 0 amide bonds. The van der Waals surface area contributed by atoms with Crippen molar-refractivity contribution in [1.29, 1.82) is 0 Å². The summed E-state index contributed by atoms with van der Waals surface area (Å²) in [5.74, 6) is 0. The fraction of sp³-hybridized carbons (Fsp3) is 0.163. The third kappa shape index (κ3) is 6.76. The van der Waals surface area contributed by atoms with Crippen LogP contribution >= 0.6 is 0 Å². The van der Waals surface area contributed by atoms with Gasteiger partial charge >= 0.3 is 0 Å². The summed E-state index contributed by atoms with van der Waals surface area (Å²) >= 11 is 0. The summed E-state index contributed by atoms with van der Waals surface area (Å²) in [7, 11) is 0. The summed E-state index contributed by atoms with van der Waals surface area (Å²) in [6.45, 7) is 0.485. The van der Waals surface area contributed by atoms with E-state index in [1.54, 1.807) is 12.3 Å². The Morgan fingerprint density at radius 3 is 2.28 bits per heavy atom. The maximum Gasteiger partial charge on any atom is 0.121 e. The predicted molar refractivity (Wildman–Crippen MR) is 192 cm³/mol. The van der Waals surface area contributed by atoms with Crippen molar-refractivity contribution in [2.75, 3.05) is 0 Å². The summed E-state index contributed by atoms with van der Waals surface area (Å²) in [4.78, 5) is 8.66. The van der Waals surface area contributed by atoms with Gasteiger partial charge in [-0.2, -0.15) is 0 Å². The molecule has 0 aliphatic carbocycles. The standard InChI is InChI=1S/C27H18NO.C16H18N.Ir/c1-16-12-25(28-15-17(16)2)22-9-5-8-21-24-13-19-11-10-18-6-3-4-7-20(18)23(19)14-26(24)29-27(21)22;1-16(2,3)11-13-9-10-15(17-12-13)14-7-5-4-6-8-14;/h3-8,10-15H,1-2H3;4-7,9-10,12H,11H2,1-3H3;/q2*-1;/i1D3,2D3;11D2;. The molecule has 3 nitrogen and oxygen atoms in total. The van der Waals surface area contributed by atoms with E-state index in [-0.39, 0.29) is 31.2 Å². The van der Waals surface area contributed by atoms with E-state index >= 15 is 0 Å². The number of rotatable bonds is 3. The van der Waals surface area contributed by atoms with Crippen LogP contribution in [0.2, 0.25) is 0 Å². The van der Waals surface area contributed by atoms with Gasteiger partial charge in [0.1, 0.15) is 5.58 Å². The van der Waals surface area contributed by atoms with Crippen molar-refractivity contribution in [1.82, 2.24) is 9.97 Å². The minimum Gasteiger partial charge on any atom is -0.501 e. The smallest absolute Gasteiger partial charge is 0.121 e. The van der Waals surface area contributed by atoms with Crippen LogP contribution in [0, 0.1) is 31.3 Å². The number of hydrogen-bond acceptors (Lipinski definition) is 3. The number of fused-ring (bicyclic) bond motifs is 6. The van der Waals surface area contributed by atoms with E-state index in [0.29, 0.717) is 28.0 Å². The molecule has 0 unspecified atom stereocenters. The first-order chi connectivity index (χ1) is 25.4. The van der Waals surface area contributed by atoms with E-state index in [1.807, 2.05) is 81.4 Å². The van der Waals surface area contributed by atoms with Gasteiger partial charge in [0, 0.05) is 48.9 Å². The average Bonchev–Trinajstić information content (AvgIpc) is 3.51. The Bertz CT molecular complexity index is 2640. The van der Waals surface area contributed by atoms with Gasteiger partial charge in [-0.1, -0.05) is 91.9 Å². The summed E-state index contributed by atoms with van der Waals surface area (Å²) in [5, 5.41) is 6.20. The van der Waals surface area contributed by atoms with Crippen LogP contribution < -0.4 is 0 Å². The maximum absolute atomic E-state index is 8.21. The summed E-state index contributed by atoms with van der Waals surface area (Å²) < 4.78 is 69.5. The van der Waals surface area contributed by atoms with Crippen LogP contribution in [-0.2, 0) is 26.5 Å². The van der Waals surface area contributed by atoms with Gasteiger partial charge in [-0.05, 0) is 81.7 Å². The topological polar surface area (TPSA) is 38.9 Å². The molecule has 0 N–H and O–H groups in total. The van der Waals surface area contributed by atoms with Crippen molar-refractivity contribution in [2.24, 2.45) is 5.41 Å². The van der Waals surface area contributed by atoms with Crippen molar-refractivity contribution in [3.63, 3.8) is 0 Å². The number of aromatic nitrogens is 2. The fourth-order valence-electron chi connectivity index (χ4n) is 5.64. The van der Waals surface area contributed by atoms with E-state index in [0.717, 1.165) is 49.8 Å². The van der Waals surface area contributed by atoms with Gasteiger partial charge in [0.25, 0.3) is 0 Å². The average molecular weight is 797 g/mol. The zero-order valence-electron chi connectivity index (χ0n) is 34.1. The van der Waals surface area contributed by atoms with Gasteiger partial charge < -0.3 is 14.4 Å². The van der Waals surface area contributed by atoms with Gasteiger partial charge in [-0.15, -0.1) is 54.1 Å². The van der Waals surface area contributed by atoms with E-state index in [2.05, 4.69) is 52.4 Å². The monoisotopic (exact) mass is 797 g/mol. The second-order valence-electron chi connectivity index (χ2n) is 12.3. The molecule has 8 rings (SSSR count). The number of pyridine rings is 2. The number of furan rings is 1. The van der Waals surface area contributed by atoms with Gasteiger partial charge in [0.15, 0.2) is 0 Å². The van der Waals surface area contributed by atoms with Crippen LogP contribution in [-0.4, -0.2) is 9.97 Å². The number of nitrogens with zero attached hydrogens (tertiary/aromatic N) is 2. The fourth-order valence-corrected chi connectivity index (χ4v) is 5.64. The molecule has 47 heavy (non-hydrogen) atoms. The Balaban J connectivity index is 0.000000219. The number of aryl methyl sites for hydroxylation is 2. The Kier molecular flexibility index (Phi) is 6.66. The third-order valence-corrected chi connectivity index (χ3v) is 7.72. The number of benzene rings is 5. The molecule has 0 saturated carbocycles. The molecule has 1 radical (unpaired) electrons. The molecule has 5 aromatic carbocycles. The molecule has 0 fully saturated rings. The molecule has 0 atom stereocenters. The van der Waals surface area contributed by atoms with Crippen molar-refractivity contribution in [3.05, 3.63) is 144 Å². The minimum absolute atomic E-state index is 0. The molecule has 4 heteroatoms. The summed E-state index contributed by atoms with van der Waals surface area (Å²) in [6.07, 6.45) is 1.35. The Morgan fingerprint density at radius 2 is 1.51 bits per heavy atom. The van der Waals surface area contributed by atoms with Gasteiger partial charge in [-0.3, -0.25) is 0 Å². The Morgan fingerprint density at radius 1 is 0.702 bits per heavy atom. The predicted octanol–water partition coefficient (Wildman–Crippen LogP) is 11.5. The first kappa shape index (κ1) is 23.7. The molecule has 3 aromatic heterocycles. The molecular formula is C43H36IrN2O-2. The van der Waals surface area contributed by atoms with E-state index in [4.69, 9.17) is 15.4 Å². The third-order valence-electron chi connectivity index (χ3n) is 7.72. The molecule has 8 aromatic rings. The quantitative estimate of drug-likeness (QED) is 0.132. The minimum atomic E-state index is -2.61. The van der Waals surface area contributed by atoms with E-state index in [9.17, 15) is 0 Å². The van der Waals surface area contributed by atoms with Crippen molar-refractivity contribution < 1.29 is 35.5 Å². The molecule has 3 heterocycles. The Hall–Kier alpha value is -4.63. The van der Waals surface area contributed by atoms with Crippen LogP contribution in [0.15, 0.2) is 120 Å². The van der Waals surface area contributed by atoms with E-state index < -0.39 is 25.5 Å². The van der Waals surface area contributed by atoms with Crippen LogP contribution in [0.3, 0.4) is 0 Å². The van der Waals surface area contributed by atoms with Crippen molar-refractivity contribution in [3.8, 4) is 22.5 Å². The molecule has 0 aliphatic heterocycles. The first-order valence-corrected chi connectivity index (χ1v) is 15.1. The molecule has 0 bridgehead atoms.